The molecule has 0 spiro atoms. The van der Waals surface area contributed by atoms with E-state index < -0.39 is 0 Å². The van der Waals surface area contributed by atoms with E-state index in [0.29, 0.717) is 23.2 Å². The summed E-state index contributed by atoms with van der Waals surface area (Å²) in [6, 6.07) is 5.81. The lowest BCUT2D eigenvalue weighted by Gasteiger charge is -2.16. The van der Waals surface area contributed by atoms with Crippen molar-refractivity contribution in [2.75, 3.05) is 26.6 Å². The van der Waals surface area contributed by atoms with Crippen LogP contribution < -0.4 is 19.5 Å². The molecule has 6 heteroatoms. The fraction of sp³-hybridized carbons (Fsp3) is 0.333. The molecule has 0 aliphatic rings. The van der Waals surface area contributed by atoms with Crippen LogP contribution in [0.3, 0.4) is 0 Å². The zero-order valence-corrected chi connectivity index (χ0v) is 12.6. The summed E-state index contributed by atoms with van der Waals surface area (Å²) in [5.74, 6) is 2.56. The SMILES string of the molecule is COc1cnc(NC(C)c2ccc(OC)c(OC)c2)nc1. The smallest absolute Gasteiger partial charge is 0.223 e. The zero-order chi connectivity index (χ0) is 15.2. The van der Waals surface area contributed by atoms with Crippen molar-refractivity contribution in [1.29, 1.82) is 0 Å². The quantitative estimate of drug-likeness (QED) is 0.882. The summed E-state index contributed by atoms with van der Waals surface area (Å²) in [5, 5.41) is 3.22. The Morgan fingerprint density at radius 2 is 1.62 bits per heavy atom. The van der Waals surface area contributed by atoms with E-state index in [-0.39, 0.29) is 6.04 Å². The van der Waals surface area contributed by atoms with Crippen LogP contribution in [0.25, 0.3) is 0 Å². The minimum absolute atomic E-state index is 0.0261. The highest BCUT2D eigenvalue weighted by atomic mass is 16.5. The third-order valence-corrected chi connectivity index (χ3v) is 3.12. The maximum atomic E-state index is 5.31. The predicted molar refractivity (Wildman–Crippen MR) is 80.2 cm³/mol. The number of rotatable bonds is 6. The van der Waals surface area contributed by atoms with Crippen LogP contribution in [0.1, 0.15) is 18.5 Å². The summed E-state index contributed by atoms with van der Waals surface area (Å²) in [4.78, 5) is 8.38. The molecule has 1 aromatic carbocycles. The van der Waals surface area contributed by atoms with Crippen LogP contribution >= 0.6 is 0 Å². The highest BCUT2D eigenvalue weighted by Crippen LogP contribution is 2.30. The topological polar surface area (TPSA) is 65.5 Å². The lowest BCUT2D eigenvalue weighted by atomic mass is 10.1. The Labute approximate surface area is 124 Å². The summed E-state index contributed by atoms with van der Waals surface area (Å²) >= 11 is 0. The molecule has 0 radical (unpaired) electrons. The fourth-order valence-corrected chi connectivity index (χ4v) is 1.90. The number of anilines is 1. The van der Waals surface area contributed by atoms with Crippen LogP contribution in [0.5, 0.6) is 17.2 Å². The second-order valence-electron chi connectivity index (χ2n) is 4.43. The van der Waals surface area contributed by atoms with Crippen LogP contribution in [-0.4, -0.2) is 31.3 Å². The van der Waals surface area contributed by atoms with Gasteiger partial charge in [0.05, 0.1) is 39.8 Å². The maximum absolute atomic E-state index is 5.31. The van der Waals surface area contributed by atoms with E-state index in [1.165, 1.54) is 0 Å². The Balaban J connectivity index is 2.13. The van der Waals surface area contributed by atoms with Crippen molar-refractivity contribution < 1.29 is 14.2 Å². The van der Waals surface area contributed by atoms with Crippen molar-refractivity contribution in [1.82, 2.24) is 9.97 Å². The number of hydrogen-bond donors (Lipinski definition) is 1. The van der Waals surface area contributed by atoms with Gasteiger partial charge in [0.1, 0.15) is 0 Å². The summed E-state index contributed by atoms with van der Waals surface area (Å²) in [6.07, 6.45) is 3.24. The van der Waals surface area contributed by atoms with E-state index in [0.717, 1.165) is 5.56 Å². The molecule has 0 saturated heterocycles. The van der Waals surface area contributed by atoms with Crippen molar-refractivity contribution >= 4 is 5.95 Å². The van der Waals surface area contributed by atoms with Gasteiger partial charge >= 0.3 is 0 Å². The summed E-state index contributed by atoms with van der Waals surface area (Å²) in [7, 11) is 4.81. The number of benzene rings is 1. The summed E-state index contributed by atoms with van der Waals surface area (Å²) in [5.41, 5.74) is 1.05. The first kappa shape index (κ1) is 14.9. The van der Waals surface area contributed by atoms with Gasteiger partial charge in [0.2, 0.25) is 5.95 Å². The standard InChI is InChI=1S/C15H19N3O3/c1-10(18-15-16-8-12(19-2)9-17-15)11-5-6-13(20-3)14(7-11)21-4/h5-10H,1-4H3,(H,16,17,18). The van der Waals surface area contributed by atoms with Gasteiger partial charge in [-0.2, -0.15) is 0 Å². The van der Waals surface area contributed by atoms with Gasteiger partial charge in [-0.1, -0.05) is 6.07 Å². The molecule has 0 bridgehead atoms. The van der Waals surface area contributed by atoms with E-state index in [1.807, 2.05) is 25.1 Å². The number of aromatic nitrogens is 2. The van der Waals surface area contributed by atoms with Gasteiger partial charge in [-0.15, -0.1) is 0 Å². The maximum Gasteiger partial charge on any atom is 0.223 e. The first-order chi connectivity index (χ1) is 10.2. The van der Waals surface area contributed by atoms with Crippen molar-refractivity contribution in [2.45, 2.75) is 13.0 Å². The monoisotopic (exact) mass is 289 g/mol. The van der Waals surface area contributed by atoms with Crippen molar-refractivity contribution in [3.8, 4) is 17.2 Å². The zero-order valence-electron chi connectivity index (χ0n) is 12.6. The van der Waals surface area contributed by atoms with E-state index >= 15 is 0 Å². The largest absolute Gasteiger partial charge is 0.494 e. The molecule has 0 fully saturated rings. The Morgan fingerprint density at radius 1 is 0.952 bits per heavy atom. The minimum atomic E-state index is 0.0261. The lowest BCUT2D eigenvalue weighted by Crippen LogP contribution is -2.09. The molecule has 1 aromatic heterocycles. The van der Waals surface area contributed by atoms with Gasteiger partial charge in [-0.25, -0.2) is 9.97 Å². The highest BCUT2D eigenvalue weighted by Gasteiger charge is 2.11. The van der Waals surface area contributed by atoms with Crippen molar-refractivity contribution in [3.63, 3.8) is 0 Å². The number of nitrogens with one attached hydrogen (secondary N) is 1. The molecule has 1 unspecified atom stereocenters. The van der Waals surface area contributed by atoms with Gasteiger partial charge < -0.3 is 19.5 Å². The van der Waals surface area contributed by atoms with Crippen molar-refractivity contribution in [2.24, 2.45) is 0 Å². The van der Waals surface area contributed by atoms with Crippen molar-refractivity contribution in [3.05, 3.63) is 36.2 Å². The van der Waals surface area contributed by atoms with Crippen LogP contribution in [0, 0.1) is 0 Å². The van der Waals surface area contributed by atoms with Crippen LogP contribution in [0.15, 0.2) is 30.6 Å². The number of methoxy groups -OCH3 is 3. The molecule has 0 aliphatic heterocycles. The van der Waals surface area contributed by atoms with Crippen LogP contribution in [0.2, 0.25) is 0 Å². The molecule has 1 atom stereocenters. The average molecular weight is 289 g/mol. The van der Waals surface area contributed by atoms with Gasteiger partial charge in [0.15, 0.2) is 17.2 Å². The third-order valence-electron chi connectivity index (χ3n) is 3.12. The first-order valence-corrected chi connectivity index (χ1v) is 6.52. The molecule has 0 saturated carbocycles. The normalized spacial score (nSPS) is 11.6. The second-order valence-corrected chi connectivity index (χ2v) is 4.43. The van der Waals surface area contributed by atoms with E-state index in [1.54, 1.807) is 33.7 Å². The minimum Gasteiger partial charge on any atom is -0.494 e. The molecule has 0 amide bonds. The van der Waals surface area contributed by atoms with E-state index in [9.17, 15) is 0 Å². The molecule has 2 aromatic rings. The van der Waals surface area contributed by atoms with Crippen LogP contribution in [-0.2, 0) is 0 Å². The molecule has 1 N–H and O–H groups in total. The first-order valence-electron chi connectivity index (χ1n) is 6.52. The highest BCUT2D eigenvalue weighted by molar-refractivity contribution is 5.45. The van der Waals surface area contributed by atoms with E-state index in [2.05, 4.69) is 15.3 Å². The van der Waals surface area contributed by atoms with Gasteiger partial charge in [-0.05, 0) is 24.6 Å². The summed E-state index contributed by atoms with van der Waals surface area (Å²) in [6.45, 7) is 2.02. The molecule has 112 valence electrons. The Morgan fingerprint density at radius 3 is 2.19 bits per heavy atom. The molecule has 1 heterocycles. The molecule has 21 heavy (non-hydrogen) atoms. The molecule has 6 nitrogen and oxygen atoms in total. The molecule has 2 rings (SSSR count). The molecule has 0 aliphatic carbocycles. The van der Waals surface area contributed by atoms with Gasteiger partial charge in [0.25, 0.3) is 0 Å². The summed E-state index contributed by atoms with van der Waals surface area (Å²) < 4.78 is 15.6. The van der Waals surface area contributed by atoms with E-state index in [4.69, 9.17) is 14.2 Å². The Hall–Kier alpha value is -2.50. The van der Waals surface area contributed by atoms with Gasteiger partial charge in [-0.3, -0.25) is 0 Å². The molecular weight excluding hydrogens is 270 g/mol. The number of hydrogen-bond acceptors (Lipinski definition) is 6. The Bertz CT molecular complexity index is 587. The average Bonchev–Trinajstić information content (AvgIpc) is 2.54. The fourth-order valence-electron chi connectivity index (χ4n) is 1.90. The van der Waals surface area contributed by atoms with Crippen LogP contribution in [0.4, 0.5) is 5.95 Å². The number of nitrogens with zero attached hydrogens (tertiary/aromatic N) is 2. The lowest BCUT2D eigenvalue weighted by molar-refractivity contribution is 0.354. The Kier molecular flexibility index (Phi) is 4.81. The number of ether oxygens (including phenoxy) is 3. The third kappa shape index (κ3) is 3.53. The second kappa shape index (κ2) is 6.78. The van der Waals surface area contributed by atoms with Gasteiger partial charge in [0, 0.05) is 0 Å². The molecular formula is C15H19N3O3. The predicted octanol–water partition coefficient (Wildman–Crippen LogP) is 2.68.